The van der Waals surface area contributed by atoms with Gasteiger partial charge in [0.25, 0.3) is 0 Å². The summed E-state index contributed by atoms with van der Waals surface area (Å²) in [6.07, 6.45) is 6.22. The highest BCUT2D eigenvalue weighted by molar-refractivity contribution is 5.69. The summed E-state index contributed by atoms with van der Waals surface area (Å²) >= 11 is 0. The van der Waals surface area contributed by atoms with Gasteiger partial charge in [-0.3, -0.25) is 5.43 Å². The fraction of sp³-hybridized carbons (Fsp3) is 0.700. The smallest absolute Gasteiger partial charge is 0.0473 e. The molecule has 3 N–H and O–H groups in total. The first-order chi connectivity index (χ1) is 6.40. The van der Waals surface area contributed by atoms with E-state index in [4.69, 9.17) is 5.73 Å². The maximum atomic E-state index is 5.70. The molecule has 3 atom stereocenters. The molecule has 0 aromatic carbocycles. The molecule has 13 heavy (non-hydrogen) atoms. The topological polar surface area (TPSA) is 50.4 Å². The van der Waals surface area contributed by atoms with E-state index in [2.05, 4.69) is 16.7 Å². The van der Waals surface area contributed by atoms with Crippen LogP contribution in [0.4, 0.5) is 0 Å². The van der Waals surface area contributed by atoms with Crippen molar-refractivity contribution in [2.45, 2.75) is 19.3 Å². The summed E-state index contributed by atoms with van der Waals surface area (Å²) in [5, 5.41) is 4.18. The standard InChI is InChI=1S/C10H15N3/c11-4-9-10-7-2-1-6(3-7)8(10)5-12-13-9/h5-8,13H,1-4,11H2. The summed E-state index contributed by atoms with van der Waals surface area (Å²) in [6, 6.07) is 0. The van der Waals surface area contributed by atoms with Crippen LogP contribution in [-0.4, -0.2) is 12.8 Å². The predicted molar refractivity (Wildman–Crippen MR) is 52.0 cm³/mol. The molecule has 3 rings (SSSR count). The first kappa shape index (κ1) is 7.56. The Kier molecular flexibility index (Phi) is 1.50. The minimum atomic E-state index is 0.617. The molecular weight excluding hydrogens is 162 g/mol. The average molecular weight is 177 g/mol. The number of rotatable bonds is 1. The van der Waals surface area contributed by atoms with E-state index in [9.17, 15) is 0 Å². The fourth-order valence-corrected chi connectivity index (χ4v) is 3.22. The molecule has 3 aliphatic rings. The lowest BCUT2D eigenvalue weighted by atomic mass is 9.83. The lowest BCUT2D eigenvalue weighted by molar-refractivity contribution is 0.482. The molecule has 0 spiro atoms. The van der Waals surface area contributed by atoms with Crippen LogP contribution < -0.4 is 11.2 Å². The summed E-state index contributed by atoms with van der Waals surface area (Å²) < 4.78 is 0. The number of nitrogens with two attached hydrogens (primary N) is 1. The van der Waals surface area contributed by atoms with E-state index >= 15 is 0 Å². The van der Waals surface area contributed by atoms with Gasteiger partial charge in [-0.25, -0.2) is 0 Å². The Hall–Kier alpha value is -0.830. The summed E-state index contributed by atoms with van der Waals surface area (Å²) in [4.78, 5) is 0. The van der Waals surface area contributed by atoms with Crippen molar-refractivity contribution in [3.05, 3.63) is 11.3 Å². The minimum Gasteiger partial charge on any atom is -0.325 e. The van der Waals surface area contributed by atoms with E-state index in [1.165, 1.54) is 25.0 Å². The highest BCUT2D eigenvalue weighted by Crippen LogP contribution is 2.52. The van der Waals surface area contributed by atoms with Crippen LogP contribution >= 0.6 is 0 Å². The van der Waals surface area contributed by atoms with Gasteiger partial charge < -0.3 is 5.73 Å². The van der Waals surface area contributed by atoms with Crippen LogP contribution in [-0.2, 0) is 0 Å². The van der Waals surface area contributed by atoms with Crippen molar-refractivity contribution >= 4 is 6.21 Å². The van der Waals surface area contributed by atoms with E-state index in [-0.39, 0.29) is 0 Å². The van der Waals surface area contributed by atoms with Crippen LogP contribution in [0.15, 0.2) is 16.4 Å². The molecule has 2 saturated carbocycles. The van der Waals surface area contributed by atoms with Gasteiger partial charge in [0.1, 0.15) is 0 Å². The van der Waals surface area contributed by atoms with Crippen molar-refractivity contribution in [2.24, 2.45) is 28.6 Å². The molecule has 2 fully saturated rings. The highest BCUT2D eigenvalue weighted by atomic mass is 15.3. The Morgan fingerprint density at radius 2 is 2.46 bits per heavy atom. The molecule has 0 saturated heterocycles. The average Bonchev–Trinajstić information content (AvgIpc) is 2.77. The molecular formula is C10H15N3. The summed E-state index contributed by atoms with van der Waals surface area (Å²) in [5.41, 5.74) is 11.5. The van der Waals surface area contributed by atoms with E-state index in [0.29, 0.717) is 12.5 Å². The first-order valence-electron chi connectivity index (χ1n) is 5.12. The molecule has 0 aromatic rings. The van der Waals surface area contributed by atoms with Gasteiger partial charge in [0.2, 0.25) is 0 Å². The summed E-state index contributed by atoms with van der Waals surface area (Å²) in [7, 11) is 0. The number of hydrogen-bond acceptors (Lipinski definition) is 3. The lowest BCUT2D eigenvalue weighted by Gasteiger charge is -2.27. The van der Waals surface area contributed by atoms with Crippen LogP contribution in [0, 0.1) is 17.8 Å². The van der Waals surface area contributed by atoms with Crippen LogP contribution in [0.25, 0.3) is 0 Å². The quantitative estimate of drug-likeness (QED) is 0.623. The fourth-order valence-electron chi connectivity index (χ4n) is 3.22. The normalized spacial score (nSPS) is 40.8. The zero-order valence-electron chi connectivity index (χ0n) is 7.66. The predicted octanol–water partition coefficient (Wildman–Crippen LogP) is 0.834. The van der Waals surface area contributed by atoms with Crippen molar-refractivity contribution < 1.29 is 0 Å². The molecule has 70 valence electrons. The number of fused-ring (bicyclic) bond motifs is 5. The molecule has 2 aliphatic carbocycles. The minimum absolute atomic E-state index is 0.617. The zero-order chi connectivity index (χ0) is 8.84. The van der Waals surface area contributed by atoms with Gasteiger partial charge in [-0.15, -0.1) is 0 Å². The largest absolute Gasteiger partial charge is 0.325 e. The number of nitrogens with one attached hydrogen (secondary N) is 1. The zero-order valence-corrected chi connectivity index (χ0v) is 7.66. The maximum Gasteiger partial charge on any atom is 0.0473 e. The number of allylic oxidation sites excluding steroid dienone is 1. The summed E-state index contributed by atoms with van der Waals surface area (Å²) in [6.45, 7) is 0.617. The maximum absolute atomic E-state index is 5.70. The second-order valence-electron chi connectivity index (χ2n) is 4.32. The van der Waals surface area contributed by atoms with Crippen molar-refractivity contribution in [3.63, 3.8) is 0 Å². The highest BCUT2D eigenvalue weighted by Gasteiger charge is 2.45. The molecule has 1 aliphatic heterocycles. The number of nitrogens with zero attached hydrogens (tertiary/aromatic N) is 1. The third-order valence-electron chi connectivity index (χ3n) is 3.77. The van der Waals surface area contributed by atoms with Gasteiger partial charge in [-0.1, -0.05) is 0 Å². The third-order valence-corrected chi connectivity index (χ3v) is 3.77. The molecule has 0 aromatic heterocycles. The van der Waals surface area contributed by atoms with Crippen LogP contribution in [0.1, 0.15) is 19.3 Å². The molecule has 3 heteroatoms. The lowest BCUT2D eigenvalue weighted by Crippen LogP contribution is -2.29. The monoisotopic (exact) mass is 177 g/mol. The Labute approximate surface area is 78.1 Å². The van der Waals surface area contributed by atoms with Gasteiger partial charge >= 0.3 is 0 Å². The first-order valence-corrected chi connectivity index (χ1v) is 5.12. The van der Waals surface area contributed by atoms with Crippen molar-refractivity contribution in [3.8, 4) is 0 Å². The Balaban J connectivity index is 2.03. The number of hydrogen-bond donors (Lipinski definition) is 2. The van der Waals surface area contributed by atoms with Gasteiger partial charge in [0, 0.05) is 24.4 Å². The molecule has 1 heterocycles. The van der Waals surface area contributed by atoms with Crippen molar-refractivity contribution in [2.75, 3.05) is 6.54 Å². The molecule has 0 radical (unpaired) electrons. The van der Waals surface area contributed by atoms with Crippen LogP contribution in [0.2, 0.25) is 0 Å². The molecule has 0 amide bonds. The SMILES string of the molecule is NCC1=C2C3CCC(C3)C2C=NN1. The van der Waals surface area contributed by atoms with E-state index in [1.54, 1.807) is 5.57 Å². The van der Waals surface area contributed by atoms with Crippen molar-refractivity contribution in [1.82, 2.24) is 5.43 Å². The summed E-state index contributed by atoms with van der Waals surface area (Å²) in [5.74, 6) is 2.30. The number of hydrazone groups is 1. The van der Waals surface area contributed by atoms with E-state index in [0.717, 1.165) is 11.8 Å². The van der Waals surface area contributed by atoms with Gasteiger partial charge in [0.05, 0.1) is 0 Å². The van der Waals surface area contributed by atoms with Gasteiger partial charge in [-0.05, 0) is 36.7 Å². The Bertz CT molecular complexity index is 293. The van der Waals surface area contributed by atoms with Gasteiger partial charge in [0.15, 0.2) is 0 Å². The molecule has 3 unspecified atom stereocenters. The second kappa shape index (κ2) is 2.58. The third kappa shape index (κ3) is 0.908. The Morgan fingerprint density at radius 1 is 1.54 bits per heavy atom. The van der Waals surface area contributed by atoms with E-state index < -0.39 is 0 Å². The van der Waals surface area contributed by atoms with E-state index in [1.807, 2.05) is 0 Å². The molecule has 2 bridgehead atoms. The van der Waals surface area contributed by atoms with Crippen LogP contribution in [0.5, 0.6) is 0 Å². The Morgan fingerprint density at radius 3 is 3.31 bits per heavy atom. The van der Waals surface area contributed by atoms with Gasteiger partial charge in [-0.2, -0.15) is 5.10 Å². The van der Waals surface area contributed by atoms with Crippen molar-refractivity contribution in [1.29, 1.82) is 0 Å². The second-order valence-corrected chi connectivity index (χ2v) is 4.32. The molecule has 3 nitrogen and oxygen atoms in total. The van der Waals surface area contributed by atoms with Crippen LogP contribution in [0.3, 0.4) is 0 Å².